The van der Waals surface area contributed by atoms with Gasteiger partial charge in [-0.1, -0.05) is 30.3 Å². The smallest absolute Gasteiger partial charge is 0.341 e. The zero-order valence-electron chi connectivity index (χ0n) is 15.2. The topological polar surface area (TPSA) is 82.4 Å². The summed E-state index contributed by atoms with van der Waals surface area (Å²) in [6, 6.07) is 12.1. The minimum Gasteiger partial charge on any atom is -0.462 e. The van der Waals surface area contributed by atoms with E-state index in [4.69, 9.17) is 10.00 Å². The normalized spacial score (nSPS) is 13.5. The van der Waals surface area contributed by atoms with Crippen LogP contribution in [0.3, 0.4) is 0 Å². The predicted octanol–water partition coefficient (Wildman–Crippen LogP) is 3.34. The van der Waals surface area contributed by atoms with Crippen molar-refractivity contribution in [3.63, 3.8) is 0 Å². The number of hydrogen-bond donors (Lipinski definition) is 1. The van der Waals surface area contributed by atoms with Crippen LogP contribution in [-0.4, -0.2) is 29.9 Å². The van der Waals surface area contributed by atoms with Gasteiger partial charge in [0.05, 0.1) is 18.2 Å². The highest BCUT2D eigenvalue weighted by Crippen LogP contribution is 2.38. The number of carbonyl (C=O) groups excluding carboxylic acids is 2. The fraction of sp³-hybridized carbons (Fsp3) is 0.350. The number of amides is 1. The van der Waals surface area contributed by atoms with Crippen LogP contribution in [0.4, 0.5) is 5.00 Å². The molecule has 140 valence electrons. The van der Waals surface area contributed by atoms with E-state index in [1.165, 1.54) is 16.9 Å². The molecule has 2 heterocycles. The molecule has 7 heteroatoms. The van der Waals surface area contributed by atoms with E-state index in [2.05, 4.69) is 22.3 Å². The number of hydrogen-bond acceptors (Lipinski definition) is 6. The summed E-state index contributed by atoms with van der Waals surface area (Å²) in [5.41, 5.74) is 2.64. The Labute approximate surface area is 162 Å². The molecule has 27 heavy (non-hydrogen) atoms. The summed E-state index contributed by atoms with van der Waals surface area (Å²) in [5, 5.41) is 11.9. The molecule has 0 saturated carbocycles. The van der Waals surface area contributed by atoms with Crippen LogP contribution in [0.5, 0.6) is 0 Å². The molecule has 0 unspecified atom stereocenters. The van der Waals surface area contributed by atoms with Gasteiger partial charge in [0, 0.05) is 24.5 Å². The fourth-order valence-corrected chi connectivity index (χ4v) is 4.48. The summed E-state index contributed by atoms with van der Waals surface area (Å²) in [5.74, 6) is -0.832. The lowest BCUT2D eigenvalue weighted by Gasteiger charge is -2.27. The highest BCUT2D eigenvalue weighted by atomic mass is 32.1. The van der Waals surface area contributed by atoms with E-state index >= 15 is 0 Å². The molecule has 6 nitrogen and oxygen atoms in total. The molecule has 2 aromatic rings. The molecule has 0 bridgehead atoms. The van der Waals surface area contributed by atoms with Crippen LogP contribution in [-0.2, 0) is 29.0 Å². The highest BCUT2D eigenvalue weighted by molar-refractivity contribution is 7.17. The molecule has 0 aliphatic carbocycles. The number of benzene rings is 1. The molecule has 0 radical (unpaired) electrons. The first kappa shape index (κ1) is 19.1. The zero-order chi connectivity index (χ0) is 19.2. The second kappa shape index (κ2) is 8.80. The lowest BCUT2D eigenvalue weighted by atomic mass is 10.0. The monoisotopic (exact) mass is 383 g/mol. The third-order valence-electron chi connectivity index (χ3n) is 4.36. The SMILES string of the molecule is CCOC(=O)c1c(NC(=O)CC#N)sc2c1CCN(Cc1ccccc1)C2. The molecule has 0 spiro atoms. The van der Waals surface area contributed by atoms with Crippen molar-refractivity contribution >= 4 is 28.2 Å². The van der Waals surface area contributed by atoms with E-state index in [1.807, 2.05) is 24.3 Å². The number of nitriles is 1. The van der Waals surface area contributed by atoms with Gasteiger partial charge in [0.25, 0.3) is 0 Å². The number of fused-ring (bicyclic) bond motifs is 1. The minimum absolute atomic E-state index is 0.245. The second-order valence-electron chi connectivity index (χ2n) is 6.26. The van der Waals surface area contributed by atoms with Crippen molar-refractivity contribution in [3.05, 3.63) is 51.9 Å². The van der Waals surface area contributed by atoms with Crippen LogP contribution < -0.4 is 5.32 Å². The Morgan fingerprint density at radius 1 is 1.33 bits per heavy atom. The lowest BCUT2D eigenvalue weighted by molar-refractivity contribution is -0.115. The van der Waals surface area contributed by atoms with Crippen LogP contribution in [0.25, 0.3) is 0 Å². The molecule has 1 N–H and O–H groups in total. The maximum absolute atomic E-state index is 12.5. The van der Waals surface area contributed by atoms with Gasteiger partial charge in [0.15, 0.2) is 0 Å². The van der Waals surface area contributed by atoms with Gasteiger partial charge in [0.1, 0.15) is 11.4 Å². The van der Waals surface area contributed by atoms with E-state index in [0.717, 1.165) is 36.5 Å². The average Bonchev–Trinajstić information content (AvgIpc) is 3.00. The standard InChI is InChI=1S/C20H21N3O3S/c1-2-26-20(25)18-15-9-11-23(12-14-6-4-3-5-7-14)13-16(15)27-19(18)22-17(24)8-10-21/h3-7H,2,8-9,11-13H2,1H3,(H,22,24). The third kappa shape index (κ3) is 4.54. The Hall–Kier alpha value is -2.69. The summed E-state index contributed by atoms with van der Waals surface area (Å²) >= 11 is 1.40. The van der Waals surface area contributed by atoms with E-state index in [9.17, 15) is 9.59 Å². The maximum atomic E-state index is 12.5. The van der Waals surface area contributed by atoms with Crippen molar-refractivity contribution in [1.29, 1.82) is 5.26 Å². The quantitative estimate of drug-likeness (QED) is 0.774. The molecule has 1 aliphatic heterocycles. The van der Waals surface area contributed by atoms with Gasteiger partial charge in [-0.05, 0) is 24.5 Å². The van der Waals surface area contributed by atoms with E-state index in [1.54, 1.807) is 6.92 Å². The van der Waals surface area contributed by atoms with Crippen LogP contribution >= 0.6 is 11.3 Å². The molecule has 1 aromatic heterocycles. The number of anilines is 1. The van der Waals surface area contributed by atoms with Gasteiger partial charge in [-0.3, -0.25) is 9.69 Å². The Morgan fingerprint density at radius 3 is 2.81 bits per heavy atom. The molecule has 0 saturated heterocycles. The summed E-state index contributed by atoms with van der Waals surface area (Å²) in [6.45, 7) is 4.41. The first-order valence-electron chi connectivity index (χ1n) is 8.87. The maximum Gasteiger partial charge on any atom is 0.341 e. The lowest BCUT2D eigenvalue weighted by Crippen LogP contribution is -2.29. The number of thiophene rings is 1. The second-order valence-corrected chi connectivity index (χ2v) is 7.36. The average molecular weight is 383 g/mol. The van der Waals surface area contributed by atoms with Gasteiger partial charge in [-0.15, -0.1) is 11.3 Å². The number of nitrogens with one attached hydrogen (secondary N) is 1. The van der Waals surface area contributed by atoms with Gasteiger partial charge >= 0.3 is 5.97 Å². The minimum atomic E-state index is -0.418. The number of carbonyl (C=O) groups is 2. The first-order valence-corrected chi connectivity index (χ1v) is 9.68. The Morgan fingerprint density at radius 2 is 2.11 bits per heavy atom. The van der Waals surface area contributed by atoms with Gasteiger partial charge in [-0.2, -0.15) is 5.26 Å². The van der Waals surface area contributed by atoms with Gasteiger partial charge < -0.3 is 10.1 Å². The summed E-state index contributed by atoms with van der Waals surface area (Å²) in [7, 11) is 0. The Kier molecular flexibility index (Phi) is 6.22. The number of rotatable bonds is 6. The molecular weight excluding hydrogens is 362 g/mol. The van der Waals surface area contributed by atoms with Crippen LogP contribution in [0.2, 0.25) is 0 Å². The summed E-state index contributed by atoms with van der Waals surface area (Å²) < 4.78 is 5.19. The van der Waals surface area contributed by atoms with E-state index in [0.29, 0.717) is 10.6 Å². The number of nitrogens with zero attached hydrogens (tertiary/aromatic N) is 2. The van der Waals surface area contributed by atoms with Crippen LogP contribution in [0, 0.1) is 11.3 Å². The van der Waals surface area contributed by atoms with Crippen molar-refractivity contribution in [2.24, 2.45) is 0 Å². The predicted molar refractivity (Wildman–Crippen MR) is 103 cm³/mol. The molecule has 1 aromatic carbocycles. The van der Waals surface area contributed by atoms with Crippen LogP contribution in [0.1, 0.15) is 39.7 Å². The molecule has 1 aliphatic rings. The van der Waals surface area contributed by atoms with Crippen molar-refractivity contribution < 1.29 is 14.3 Å². The molecule has 1 amide bonds. The highest BCUT2D eigenvalue weighted by Gasteiger charge is 2.29. The Balaban J connectivity index is 1.84. The van der Waals surface area contributed by atoms with Crippen LogP contribution in [0.15, 0.2) is 30.3 Å². The zero-order valence-corrected chi connectivity index (χ0v) is 16.0. The van der Waals surface area contributed by atoms with E-state index < -0.39 is 11.9 Å². The Bertz CT molecular complexity index is 871. The first-order chi connectivity index (χ1) is 13.1. The number of esters is 1. The summed E-state index contributed by atoms with van der Waals surface area (Å²) in [4.78, 5) is 27.7. The van der Waals surface area contributed by atoms with Crippen molar-refractivity contribution in [2.75, 3.05) is 18.5 Å². The van der Waals surface area contributed by atoms with Gasteiger partial charge in [0.2, 0.25) is 5.91 Å². The molecule has 0 fully saturated rings. The molecular formula is C20H21N3O3S. The number of ether oxygens (including phenoxy) is 1. The third-order valence-corrected chi connectivity index (χ3v) is 5.49. The van der Waals surface area contributed by atoms with Gasteiger partial charge in [-0.25, -0.2) is 4.79 Å². The van der Waals surface area contributed by atoms with Crippen molar-refractivity contribution in [1.82, 2.24) is 4.90 Å². The fourth-order valence-electron chi connectivity index (χ4n) is 3.18. The molecule has 3 rings (SSSR count). The van der Waals surface area contributed by atoms with Crippen molar-refractivity contribution in [3.8, 4) is 6.07 Å². The van der Waals surface area contributed by atoms with Crippen molar-refractivity contribution in [2.45, 2.75) is 32.9 Å². The summed E-state index contributed by atoms with van der Waals surface area (Å²) in [6.07, 6.45) is 0.478. The largest absolute Gasteiger partial charge is 0.462 e. The van der Waals surface area contributed by atoms with E-state index in [-0.39, 0.29) is 13.0 Å². The molecule has 0 atom stereocenters.